The van der Waals surface area contributed by atoms with Gasteiger partial charge in [-0.3, -0.25) is 0 Å². The molecule has 2 aromatic rings. The Morgan fingerprint density at radius 3 is 2.12 bits per heavy atom. The minimum absolute atomic E-state index is 0.568. The Balaban J connectivity index is 1.60. The second-order valence-corrected chi connectivity index (χ2v) is 7.64. The third kappa shape index (κ3) is 4.90. The average molecular weight is 337 g/mol. The van der Waals surface area contributed by atoms with Crippen molar-refractivity contribution in [1.29, 1.82) is 0 Å². The van der Waals surface area contributed by atoms with Crippen LogP contribution in [0.1, 0.15) is 82.5 Å². The quantitative estimate of drug-likeness (QED) is 0.572. The van der Waals surface area contributed by atoms with Crippen LogP contribution in [0.25, 0.3) is 11.1 Å². The molecule has 0 amide bonds. The number of hydrogen-bond acceptors (Lipinski definition) is 2. The highest BCUT2D eigenvalue weighted by molar-refractivity contribution is 5.61. The van der Waals surface area contributed by atoms with Crippen LogP contribution >= 0.6 is 0 Å². The molecule has 3 rings (SSSR count). The number of hydrogen-bond donors (Lipinski definition) is 0. The molecule has 0 saturated heterocycles. The highest BCUT2D eigenvalue weighted by Crippen LogP contribution is 2.36. The fourth-order valence-electron chi connectivity index (χ4n) is 4.06. The first kappa shape index (κ1) is 18.1. The zero-order valence-corrected chi connectivity index (χ0v) is 15.9. The number of aryl methyl sites for hydroxylation is 1. The lowest BCUT2D eigenvalue weighted by atomic mass is 9.80. The summed E-state index contributed by atoms with van der Waals surface area (Å²) in [6, 6.07) is 8.90. The Bertz CT molecular complexity index is 622. The lowest BCUT2D eigenvalue weighted by Crippen LogP contribution is -2.15. The SMILES string of the molecule is CCCCc1ccc(-c2cnc([C@H]3CC[C@H](CCC)CC3)nc2)cc1. The summed E-state index contributed by atoms with van der Waals surface area (Å²) >= 11 is 0. The second kappa shape index (κ2) is 9.12. The summed E-state index contributed by atoms with van der Waals surface area (Å²) in [5.41, 5.74) is 3.77. The summed E-state index contributed by atoms with van der Waals surface area (Å²) in [6.45, 7) is 4.54. The third-order valence-corrected chi connectivity index (χ3v) is 5.69. The third-order valence-electron chi connectivity index (χ3n) is 5.69. The van der Waals surface area contributed by atoms with E-state index in [1.807, 2.05) is 12.4 Å². The predicted octanol–water partition coefficient (Wildman–Crippen LogP) is 6.56. The summed E-state index contributed by atoms with van der Waals surface area (Å²) in [4.78, 5) is 9.42. The summed E-state index contributed by atoms with van der Waals surface area (Å²) in [6.07, 6.45) is 15.6. The fraction of sp³-hybridized carbons (Fsp3) is 0.565. The highest BCUT2D eigenvalue weighted by atomic mass is 14.9. The van der Waals surface area contributed by atoms with Crippen LogP contribution in [0.2, 0.25) is 0 Å². The van der Waals surface area contributed by atoms with Gasteiger partial charge in [-0.15, -0.1) is 0 Å². The van der Waals surface area contributed by atoms with E-state index in [2.05, 4.69) is 38.1 Å². The maximum atomic E-state index is 4.71. The maximum absolute atomic E-state index is 4.71. The van der Waals surface area contributed by atoms with Gasteiger partial charge in [0, 0.05) is 23.9 Å². The smallest absolute Gasteiger partial charge is 0.131 e. The fourth-order valence-corrected chi connectivity index (χ4v) is 4.06. The van der Waals surface area contributed by atoms with Crippen molar-refractivity contribution in [3.63, 3.8) is 0 Å². The molecule has 1 aromatic carbocycles. The van der Waals surface area contributed by atoms with Crippen LogP contribution in [-0.4, -0.2) is 9.97 Å². The van der Waals surface area contributed by atoms with Crippen LogP contribution < -0.4 is 0 Å². The zero-order valence-electron chi connectivity index (χ0n) is 15.9. The lowest BCUT2D eigenvalue weighted by molar-refractivity contribution is 0.302. The molecule has 0 bridgehead atoms. The summed E-state index contributed by atoms with van der Waals surface area (Å²) in [7, 11) is 0. The van der Waals surface area contributed by atoms with E-state index in [1.54, 1.807) is 0 Å². The molecule has 0 unspecified atom stereocenters. The lowest BCUT2D eigenvalue weighted by Gasteiger charge is -2.27. The molecule has 2 nitrogen and oxygen atoms in total. The van der Waals surface area contributed by atoms with E-state index in [9.17, 15) is 0 Å². The van der Waals surface area contributed by atoms with Crippen molar-refractivity contribution >= 4 is 0 Å². The van der Waals surface area contributed by atoms with E-state index in [4.69, 9.17) is 9.97 Å². The van der Waals surface area contributed by atoms with E-state index in [1.165, 1.54) is 68.9 Å². The molecule has 1 fully saturated rings. The van der Waals surface area contributed by atoms with Gasteiger partial charge in [0.1, 0.15) is 5.82 Å². The van der Waals surface area contributed by atoms with E-state index in [0.29, 0.717) is 5.92 Å². The molecule has 1 heterocycles. The monoisotopic (exact) mass is 336 g/mol. The van der Waals surface area contributed by atoms with Gasteiger partial charge in [-0.2, -0.15) is 0 Å². The Hall–Kier alpha value is -1.70. The molecule has 1 saturated carbocycles. The van der Waals surface area contributed by atoms with Gasteiger partial charge in [0.2, 0.25) is 0 Å². The molecule has 1 aliphatic carbocycles. The molecule has 134 valence electrons. The van der Waals surface area contributed by atoms with E-state index in [-0.39, 0.29) is 0 Å². The van der Waals surface area contributed by atoms with Crippen LogP contribution in [0.3, 0.4) is 0 Å². The minimum atomic E-state index is 0.568. The molecule has 0 aliphatic heterocycles. The van der Waals surface area contributed by atoms with Gasteiger partial charge in [0.05, 0.1) is 0 Å². The summed E-state index contributed by atoms with van der Waals surface area (Å²) in [5, 5.41) is 0. The molecule has 2 heteroatoms. The Kier molecular flexibility index (Phi) is 6.61. The molecular formula is C23H32N2. The van der Waals surface area contributed by atoms with Crippen molar-refractivity contribution in [1.82, 2.24) is 9.97 Å². The van der Waals surface area contributed by atoms with Gasteiger partial charge >= 0.3 is 0 Å². The average Bonchev–Trinajstić information content (AvgIpc) is 2.68. The first-order chi connectivity index (χ1) is 12.3. The van der Waals surface area contributed by atoms with Gasteiger partial charge in [-0.1, -0.05) is 57.4 Å². The first-order valence-electron chi connectivity index (χ1n) is 10.2. The maximum Gasteiger partial charge on any atom is 0.131 e. The number of nitrogens with zero attached hydrogens (tertiary/aromatic N) is 2. The van der Waals surface area contributed by atoms with Gasteiger partial charge in [-0.05, 0) is 55.6 Å². The van der Waals surface area contributed by atoms with Gasteiger partial charge in [-0.25, -0.2) is 9.97 Å². The zero-order chi connectivity index (χ0) is 17.5. The van der Waals surface area contributed by atoms with Crippen molar-refractivity contribution in [2.45, 2.75) is 77.6 Å². The summed E-state index contributed by atoms with van der Waals surface area (Å²) in [5.74, 6) is 2.56. The number of benzene rings is 1. The molecule has 0 spiro atoms. The number of unbranched alkanes of at least 4 members (excludes halogenated alkanes) is 1. The molecule has 1 aliphatic rings. The van der Waals surface area contributed by atoms with Crippen LogP contribution in [0.5, 0.6) is 0 Å². The van der Waals surface area contributed by atoms with Crippen molar-refractivity contribution in [2.24, 2.45) is 5.92 Å². The van der Waals surface area contributed by atoms with Gasteiger partial charge < -0.3 is 0 Å². The second-order valence-electron chi connectivity index (χ2n) is 7.64. The van der Waals surface area contributed by atoms with Crippen LogP contribution in [0.15, 0.2) is 36.7 Å². The normalized spacial score (nSPS) is 20.6. The van der Waals surface area contributed by atoms with Crippen LogP contribution in [0, 0.1) is 5.92 Å². The molecular weight excluding hydrogens is 304 g/mol. The first-order valence-corrected chi connectivity index (χ1v) is 10.2. The van der Waals surface area contributed by atoms with Crippen molar-refractivity contribution in [3.05, 3.63) is 48.0 Å². The molecule has 25 heavy (non-hydrogen) atoms. The van der Waals surface area contributed by atoms with Crippen LogP contribution in [0.4, 0.5) is 0 Å². The van der Waals surface area contributed by atoms with Gasteiger partial charge in [0.25, 0.3) is 0 Å². The van der Waals surface area contributed by atoms with Crippen molar-refractivity contribution in [3.8, 4) is 11.1 Å². The number of rotatable bonds is 7. The largest absolute Gasteiger partial charge is 0.240 e. The topological polar surface area (TPSA) is 25.8 Å². The van der Waals surface area contributed by atoms with E-state index in [0.717, 1.165) is 17.3 Å². The summed E-state index contributed by atoms with van der Waals surface area (Å²) < 4.78 is 0. The van der Waals surface area contributed by atoms with Crippen molar-refractivity contribution < 1.29 is 0 Å². The number of aromatic nitrogens is 2. The molecule has 0 N–H and O–H groups in total. The Labute approximate surface area is 153 Å². The Morgan fingerprint density at radius 1 is 0.840 bits per heavy atom. The van der Waals surface area contributed by atoms with E-state index < -0.39 is 0 Å². The highest BCUT2D eigenvalue weighted by Gasteiger charge is 2.23. The standard InChI is InChI=1S/C23H32N2/c1-3-5-7-19-8-12-20(13-9-19)22-16-24-23(25-17-22)21-14-10-18(6-4-2)11-15-21/h8-9,12-13,16-18,21H,3-7,10-11,14-15H2,1-2H3/t18-,21-. The molecule has 0 radical (unpaired) electrons. The van der Waals surface area contributed by atoms with Gasteiger partial charge in [0.15, 0.2) is 0 Å². The van der Waals surface area contributed by atoms with E-state index >= 15 is 0 Å². The molecule has 1 aromatic heterocycles. The van der Waals surface area contributed by atoms with Crippen LogP contribution in [-0.2, 0) is 6.42 Å². The predicted molar refractivity (Wildman–Crippen MR) is 106 cm³/mol. The molecule has 0 atom stereocenters. The van der Waals surface area contributed by atoms with Crippen molar-refractivity contribution in [2.75, 3.05) is 0 Å². The minimum Gasteiger partial charge on any atom is -0.240 e. The Morgan fingerprint density at radius 2 is 1.52 bits per heavy atom.